The van der Waals surface area contributed by atoms with Gasteiger partial charge in [0.05, 0.1) is 13.7 Å². The van der Waals surface area contributed by atoms with Crippen LogP contribution in [0.2, 0.25) is 5.02 Å². The summed E-state index contributed by atoms with van der Waals surface area (Å²) < 4.78 is 11.0. The van der Waals surface area contributed by atoms with Crippen molar-refractivity contribution in [3.05, 3.63) is 64.5 Å². The van der Waals surface area contributed by atoms with Crippen LogP contribution in [0.4, 0.5) is 0 Å². The Balaban J connectivity index is 1.31. The number of methoxy groups -OCH3 is 1. The van der Waals surface area contributed by atoms with Crippen LogP contribution in [-0.2, 0) is 13.1 Å². The molecule has 1 fully saturated rings. The summed E-state index contributed by atoms with van der Waals surface area (Å²) in [6.07, 6.45) is 0. The molecule has 29 heavy (non-hydrogen) atoms. The molecule has 1 aliphatic heterocycles. The molecule has 0 unspecified atom stereocenters. The quantitative estimate of drug-likeness (QED) is 0.609. The van der Waals surface area contributed by atoms with E-state index < -0.39 is 0 Å². The maximum absolute atomic E-state index is 5.94. The van der Waals surface area contributed by atoms with Crippen LogP contribution in [0.1, 0.15) is 17.0 Å². The minimum Gasteiger partial charge on any atom is -0.496 e. The standard InChI is InChI=1S/C22H25ClN4O2/c1-16-3-8-20(28-2)18(13-16)14-26-9-11-27(12-10-26)15-21-24-22(25-29-21)17-4-6-19(23)7-5-17/h3-8,13H,9-12,14-15H2,1-2H3. The predicted molar refractivity (Wildman–Crippen MR) is 113 cm³/mol. The van der Waals surface area contributed by atoms with Crippen LogP contribution < -0.4 is 4.74 Å². The summed E-state index contributed by atoms with van der Waals surface area (Å²) in [4.78, 5) is 9.34. The van der Waals surface area contributed by atoms with E-state index in [1.807, 2.05) is 24.3 Å². The van der Waals surface area contributed by atoms with Gasteiger partial charge in [0.25, 0.3) is 0 Å². The van der Waals surface area contributed by atoms with Crippen LogP contribution in [0.3, 0.4) is 0 Å². The van der Waals surface area contributed by atoms with Gasteiger partial charge in [0.2, 0.25) is 11.7 Å². The van der Waals surface area contributed by atoms with Gasteiger partial charge in [0, 0.05) is 48.9 Å². The number of aromatic nitrogens is 2. The molecule has 1 aromatic heterocycles. The Morgan fingerprint density at radius 2 is 1.69 bits per heavy atom. The van der Waals surface area contributed by atoms with Crippen molar-refractivity contribution in [2.45, 2.75) is 20.0 Å². The minimum atomic E-state index is 0.599. The average molecular weight is 413 g/mol. The molecule has 1 saturated heterocycles. The van der Waals surface area contributed by atoms with Crippen LogP contribution in [0.15, 0.2) is 47.0 Å². The van der Waals surface area contributed by atoms with Gasteiger partial charge in [-0.15, -0.1) is 0 Å². The minimum absolute atomic E-state index is 0.599. The van der Waals surface area contributed by atoms with Crippen LogP contribution in [-0.4, -0.2) is 53.2 Å². The van der Waals surface area contributed by atoms with E-state index in [-0.39, 0.29) is 0 Å². The van der Waals surface area contributed by atoms with Gasteiger partial charge in [-0.05, 0) is 37.3 Å². The highest BCUT2D eigenvalue weighted by molar-refractivity contribution is 6.30. The van der Waals surface area contributed by atoms with E-state index in [4.69, 9.17) is 20.9 Å². The molecule has 0 amide bonds. The van der Waals surface area contributed by atoms with E-state index in [1.54, 1.807) is 7.11 Å². The van der Waals surface area contributed by atoms with E-state index in [0.717, 1.165) is 44.0 Å². The summed E-state index contributed by atoms with van der Waals surface area (Å²) >= 11 is 5.94. The largest absolute Gasteiger partial charge is 0.496 e. The van der Waals surface area contributed by atoms with Crippen molar-refractivity contribution in [3.63, 3.8) is 0 Å². The number of nitrogens with zero attached hydrogens (tertiary/aromatic N) is 4. The molecule has 0 bridgehead atoms. The van der Waals surface area contributed by atoms with Gasteiger partial charge >= 0.3 is 0 Å². The van der Waals surface area contributed by atoms with Gasteiger partial charge in [-0.25, -0.2) is 0 Å². The Morgan fingerprint density at radius 1 is 1.00 bits per heavy atom. The first-order chi connectivity index (χ1) is 14.1. The highest BCUT2D eigenvalue weighted by atomic mass is 35.5. The van der Waals surface area contributed by atoms with Crippen LogP contribution in [0.25, 0.3) is 11.4 Å². The summed E-state index contributed by atoms with van der Waals surface area (Å²) in [6, 6.07) is 13.8. The second-order valence-corrected chi connectivity index (χ2v) is 7.82. The molecule has 2 aromatic carbocycles. The summed E-state index contributed by atoms with van der Waals surface area (Å²) in [6.45, 7) is 7.61. The third-order valence-corrected chi connectivity index (χ3v) is 5.48. The normalized spacial score (nSPS) is 15.6. The number of hydrogen-bond acceptors (Lipinski definition) is 6. The molecule has 6 nitrogen and oxygen atoms in total. The fourth-order valence-corrected chi connectivity index (χ4v) is 3.73. The van der Waals surface area contributed by atoms with Crippen molar-refractivity contribution >= 4 is 11.6 Å². The molecule has 0 N–H and O–H groups in total. The zero-order valence-electron chi connectivity index (χ0n) is 16.8. The van der Waals surface area contributed by atoms with Crippen LogP contribution >= 0.6 is 11.6 Å². The van der Waals surface area contributed by atoms with Gasteiger partial charge in [0.1, 0.15) is 5.75 Å². The highest BCUT2D eigenvalue weighted by Crippen LogP contribution is 2.23. The maximum atomic E-state index is 5.94. The first-order valence-electron chi connectivity index (χ1n) is 9.77. The summed E-state index contributed by atoms with van der Waals surface area (Å²) in [7, 11) is 1.73. The molecule has 0 atom stereocenters. The first kappa shape index (κ1) is 19.9. The summed E-state index contributed by atoms with van der Waals surface area (Å²) in [5, 5.41) is 4.79. The number of hydrogen-bond donors (Lipinski definition) is 0. The second kappa shape index (κ2) is 8.95. The molecule has 2 heterocycles. The summed E-state index contributed by atoms with van der Waals surface area (Å²) in [5.74, 6) is 2.20. The number of halogens is 1. The summed E-state index contributed by atoms with van der Waals surface area (Å²) in [5.41, 5.74) is 3.40. The van der Waals surface area contributed by atoms with E-state index in [2.05, 4.69) is 45.1 Å². The van der Waals surface area contributed by atoms with E-state index >= 15 is 0 Å². The monoisotopic (exact) mass is 412 g/mol. The molecular formula is C22H25ClN4O2. The molecule has 0 saturated carbocycles. The fourth-order valence-electron chi connectivity index (χ4n) is 3.60. The topological polar surface area (TPSA) is 54.6 Å². The lowest BCUT2D eigenvalue weighted by atomic mass is 10.1. The zero-order chi connectivity index (χ0) is 20.2. The van der Waals surface area contributed by atoms with Crippen LogP contribution in [0.5, 0.6) is 5.75 Å². The molecule has 0 aliphatic carbocycles. The van der Waals surface area contributed by atoms with Crippen molar-refractivity contribution in [2.75, 3.05) is 33.3 Å². The van der Waals surface area contributed by atoms with Gasteiger partial charge in [-0.2, -0.15) is 4.98 Å². The van der Waals surface area contributed by atoms with E-state index in [9.17, 15) is 0 Å². The van der Waals surface area contributed by atoms with Crippen molar-refractivity contribution < 1.29 is 9.26 Å². The predicted octanol–water partition coefficient (Wildman–Crippen LogP) is 4.02. The number of piperazine rings is 1. The Hall–Kier alpha value is -2.41. The van der Waals surface area contributed by atoms with Crippen molar-refractivity contribution in [3.8, 4) is 17.1 Å². The van der Waals surface area contributed by atoms with Gasteiger partial charge in [-0.1, -0.05) is 34.5 Å². The Kier molecular flexibility index (Phi) is 6.13. The fraction of sp³-hybridized carbons (Fsp3) is 0.364. The Labute approximate surface area is 176 Å². The third-order valence-electron chi connectivity index (χ3n) is 5.22. The number of aryl methyl sites for hydroxylation is 1. The van der Waals surface area contributed by atoms with Crippen LogP contribution in [0, 0.1) is 6.92 Å². The van der Waals surface area contributed by atoms with Gasteiger partial charge < -0.3 is 9.26 Å². The lowest BCUT2D eigenvalue weighted by molar-refractivity contribution is 0.111. The molecule has 1 aliphatic rings. The van der Waals surface area contributed by atoms with Crippen molar-refractivity contribution in [1.82, 2.24) is 19.9 Å². The zero-order valence-corrected chi connectivity index (χ0v) is 17.5. The first-order valence-corrected chi connectivity index (χ1v) is 10.2. The Bertz CT molecular complexity index is 950. The second-order valence-electron chi connectivity index (χ2n) is 7.39. The van der Waals surface area contributed by atoms with Gasteiger partial charge in [-0.3, -0.25) is 9.80 Å². The third kappa shape index (κ3) is 4.96. The van der Waals surface area contributed by atoms with E-state index in [1.165, 1.54) is 11.1 Å². The maximum Gasteiger partial charge on any atom is 0.241 e. The molecular weight excluding hydrogens is 388 g/mol. The highest BCUT2D eigenvalue weighted by Gasteiger charge is 2.20. The number of ether oxygens (including phenoxy) is 1. The average Bonchev–Trinajstić information content (AvgIpc) is 3.19. The molecule has 152 valence electrons. The molecule has 0 spiro atoms. The van der Waals surface area contributed by atoms with Crippen molar-refractivity contribution in [2.24, 2.45) is 0 Å². The SMILES string of the molecule is COc1ccc(C)cc1CN1CCN(Cc2nc(-c3ccc(Cl)cc3)no2)CC1. The lowest BCUT2D eigenvalue weighted by Crippen LogP contribution is -2.45. The Morgan fingerprint density at radius 3 is 2.38 bits per heavy atom. The molecule has 3 aromatic rings. The molecule has 0 radical (unpaired) electrons. The van der Waals surface area contributed by atoms with Gasteiger partial charge in [0.15, 0.2) is 0 Å². The van der Waals surface area contributed by atoms with Crippen molar-refractivity contribution in [1.29, 1.82) is 0 Å². The number of rotatable bonds is 6. The lowest BCUT2D eigenvalue weighted by Gasteiger charge is -2.34. The van der Waals surface area contributed by atoms with E-state index in [0.29, 0.717) is 23.3 Å². The smallest absolute Gasteiger partial charge is 0.241 e. The molecule has 7 heteroatoms. The molecule has 4 rings (SSSR count). The number of benzene rings is 2.